The van der Waals surface area contributed by atoms with E-state index < -0.39 is 0 Å². The third-order valence-electron chi connectivity index (χ3n) is 9.71. The van der Waals surface area contributed by atoms with Crippen LogP contribution >= 0.6 is 0 Å². The van der Waals surface area contributed by atoms with E-state index in [1.807, 2.05) is 0 Å². The monoisotopic (exact) mass is 624 g/mol. The molecule has 8 rings (SSSR count). The Labute approximate surface area is 282 Å². The van der Waals surface area contributed by atoms with Crippen molar-refractivity contribution >= 4 is 22.1 Å². The first kappa shape index (κ1) is 29.6. The van der Waals surface area contributed by atoms with Crippen LogP contribution in [0.5, 0.6) is 0 Å². The van der Waals surface area contributed by atoms with Gasteiger partial charge in [0.05, 0.1) is 0 Å². The van der Waals surface area contributed by atoms with Gasteiger partial charge in [-0.2, -0.15) is 0 Å². The number of para-hydroxylation sites is 4. The van der Waals surface area contributed by atoms with Crippen LogP contribution < -0.4 is 9.13 Å². The van der Waals surface area contributed by atoms with Gasteiger partial charge in [0, 0.05) is 0 Å². The summed E-state index contributed by atoms with van der Waals surface area (Å²) in [4.78, 5) is 0. The lowest BCUT2D eigenvalue weighted by molar-refractivity contribution is -0.663. The fourth-order valence-electron chi connectivity index (χ4n) is 6.93. The van der Waals surface area contributed by atoms with Crippen molar-refractivity contribution in [1.82, 2.24) is 9.13 Å². The number of hydrogen-bond donors (Lipinski definition) is 0. The molecule has 0 aliphatic heterocycles. The van der Waals surface area contributed by atoms with Gasteiger partial charge in [0.1, 0.15) is 26.2 Å². The molecule has 0 fully saturated rings. The molecular formula is C44H40N4+2. The van der Waals surface area contributed by atoms with Gasteiger partial charge in [-0.1, -0.05) is 121 Å². The molecule has 6 aromatic carbocycles. The molecule has 0 amide bonds. The summed E-state index contributed by atoms with van der Waals surface area (Å²) in [6.07, 6.45) is 4.53. The van der Waals surface area contributed by atoms with Gasteiger partial charge in [0.25, 0.3) is 0 Å². The molecule has 0 saturated carbocycles. The minimum Gasteiger partial charge on any atom is -0.226 e. The van der Waals surface area contributed by atoms with E-state index in [9.17, 15) is 0 Å². The minimum absolute atomic E-state index is 0.829. The number of fused-ring (bicyclic) bond motifs is 2. The Morgan fingerprint density at radius 3 is 1.21 bits per heavy atom. The second-order valence-electron chi connectivity index (χ2n) is 13.0. The van der Waals surface area contributed by atoms with Crippen LogP contribution in [0.3, 0.4) is 0 Å². The standard InChI is InChI=1S/C44H40N4/c1-33-11-3-5-13-39(33)29-47-31-45(41-15-7-9-17-43(41)47)27-35-19-23-37(24-20-35)38-25-21-36(22-26-38)28-46-32-48(44-18-10-8-16-42(44)46)30-40-14-6-4-12-34(40)2/h3-26,31-32H,27-30H2,1-2H3/q+2. The summed E-state index contributed by atoms with van der Waals surface area (Å²) in [5.74, 6) is 0. The molecular weight excluding hydrogens is 585 g/mol. The molecule has 0 aliphatic carbocycles. The average molecular weight is 625 g/mol. The predicted octanol–water partition coefficient (Wildman–Crippen LogP) is 8.65. The van der Waals surface area contributed by atoms with Crippen LogP contribution in [-0.4, -0.2) is 9.13 Å². The fourth-order valence-corrected chi connectivity index (χ4v) is 6.93. The largest absolute Gasteiger partial charge is 0.245 e. The number of hydrogen-bond acceptors (Lipinski definition) is 0. The molecule has 48 heavy (non-hydrogen) atoms. The number of aryl methyl sites for hydroxylation is 2. The molecule has 0 aliphatic rings. The molecule has 4 heteroatoms. The Kier molecular flexibility index (Phi) is 7.91. The van der Waals surface area contributed by atoms with Gasteiger partial charge in [-0.25, -0.2) is 18.3 Å². The molecule has 0 N–H and O–H groups in total. The van der Waals surface area contributed by atoms with Crippen LogP contribution in [0.4, 0.5) is 0 Å². The highest BCUT2D eigenvalue weighted by molar-refractivity contribution is 5.72. The molecule has 234 valence electrons. The molecule has 0 spiro atoms. The summed E-state index contributed by atoms with van der Waals surface area (Å²) < 4.78 is 9.47. The lowest BCUT2D eigenvalue weighted by atomic mass is 10.0. The summed E-state index contributed by atoms with van der Waals surface area (Å²) in [6.45, 7) is 7.77. The van der Waals surface area contributed by atoms with E-state index in [1.54, 1.807) is 0 Å². The highest BCUT2D eigenvalue weighted by Crippen LogP contribution is 2.22. The summed E-state index contributed by atoms with van der Waals surface area (Å²) in [5, 5.41) is 0. The van der Waals surface area contributed by atoms with Crippen molar-refractivity contribution in [1.29, 1.82) is 0 Å². The van der Waals surface area contributed by atoms with Crippen molar-refractivity contribution in [2.24, 2.45) is 0 Å². The first-order chi connectivity index (χ1) is 23.6. The van der Waals surface area contributed by atoms with E-state index in [0.717, 1.165) is 26.2 Å². The Bertz CT molecular complexity index is 2190. The molecule has 4 nitrogen and oxygen atoms in total. The normalized spacial score (nSPS) is 11.5. The zero-order chi connectivity index (χ0) is 32.5. The summed E-state index contributed by atoms with van der Waals surface area (Å²) >= 11 is 0. The first-order valence-corrected chi connectivity index (χ1v) is 16.8. The third kappa shape index (κ3) is 5.93. The minimum atomic E-state index is 0.829. The first-order valence-electron chi connectivity index (χ1n) is 16.8. The van der Waals surface area contributed by atoms with Crippen molar-refractivity contribution in [2.45, 2.75) is 40.0 Å². The lowest BCUT2D eigenvalue weighted by Crippen LogP contribution is -2.32. The van der Waals surface area contributed by atoms with Gasteiger partial charge in [-0.05, 0) is 82.6 Å². The Morgan fingerprint density at radius 1 is 0.417 bits per heavy atom. The van der Waals surface area contributed by atoms with Crippen LogP contribution in [0.1, 0.15) is 33.4 Å². The quantitative estimate of drug-likeness (QED) is 0.143. The van der Waals surface area contributed by atoms with E-state index in [4.69, 9.17) is 0 Å². The van der Waals surface area contributed by atoms with Crippen LogP contribution in [0.2, 0.25) is 0 Å². The predicted molar refractivity (Wildman–Crippen MR) is 195 cm³/mol. The maximum atomic E-state index is 2.37. The number of imidazole rings is 2. The van der Waals surface area contributed by atoms with Crippen LogP contribution in [0.25, 0.3) is 33.2 Å². The zero-order valence-electron chi connectivity index (χ0n) is 27.6. The van der Waals surface area contributed by atoms with Crippen molar-refractivity contribution in [3.63, 3.8) is 0 Å². The second kappa shape index (κ2) is 12.8. The van der Waals surface area contributed by atoms with Crippen molar-refractivity contribution in [3.8, 4) is 11.1 Å². The van der Waals surface area contributed by atoms with Gasteiger partial charge in [-0.3, -0.25) is 0 Å². The average Bonchev–Trinajstić information content (AvgIpc) is 3.64. The fraction of sp³-hybridized carbons (Fsp3) is 0.136. The van der Waals surface area contributed by atoms with E-state index in [2.05, 4.69) is 190 Å². The molecule has 2 heterocycles. The Hall–Kier alpha value is -5.74. The maximum Gasteiger partial charge on any atom is 0.245 e. The second-order valence-corrected chi connectivity index (χ2v) is 13.0. The zero-order valence-corrected chi connectivity index (χ0v) is 27.6. The smallest absolute Gasteiger partial charge is 0.226 e. The third-order valence-corrected chi connectivity index (χ3v) is 9.71. The molecule has 0 saturated heterocycles. The Balaban J connectivity index is 0.987. The maximum absolute atomic E-state index is 2.37. The van der Waals surface area contributed by atoms with Gasteiger partial charge in [-0.15, -0.1) is 0 Å². The van der Waals surface area contributed by atoms with E-state index in [0.29, 0.717) is 0 Å². The SMILES string of the molecule is Cc1ccccc1Cn1c[n+](Cc2ccc(-c3ccc(C[n+]4cn(Cc5ccccc5C)c5ccccc54)cc3)cc2)c2ccccc21. The van der Waals surface area contributed by atoms with Crippen molar-refractivity contribution in [3.05, 3.63) is 192 Å². The summed E-state index contributed by atoms with van der Waals surface area (Å²) in [5.41, 5.74) is 15.4. The van der Waals surface area contributed by atoms with E-state index >= 15 is 0 Å². The van der Waals surface area contributed by atoms with Gasteiger partial charge in [0.15, 0.2) is 22.1 Å². The highest BCUT2D eigenvalue weighted by atomic mass is 15.1. The summed E-state index contributed by atoms with van der Waals surface area (Å²) in [7, 11) is 0. The topological polar surface area (TPSA) is 17.6 Å². The number of aromatic nitrogens is 4. The van der Waals surface area contributed by atoms with Crippen LogP contribution in [0.15, 0.2) is 158 Å². The Morgan fingerprint density at radius 2 is 0.792 bits per heavy atom. The summed E-state index contributed by atoms with van der Waals surface area (Å²) in [6, 6.07) is 52.8. The van der Waals surface area contributed by atoms with Gasteiger partial charge < -0.3 is 0 Å². The van der Waals surface area contributed by atoms with E-state index in [-0.39, 0.29) is 0 Å². The van der Waals surface area contributed by atoms with Crippen LogP contribution in [0, 0.1) is 13.8 Å². The molecule has 0 bridgehead atoms. The molecule has 0 atom stereocenters. The lowest BCUT2D eigenvalue weighted by Gasteiger charge is -2.06. The number of benzene rings is 6. The number of rotatable bonds is 9. The highest BCUT2D eigenvalue weighted by Gasteiger charge is 2.18. The molecule has 8 aromatic rings. The van der Waals surface area contributed by atoms with Gasteiger partial charge >= 0.3 is 0 Å². The van der Waals surface area contributed by atoms with Crippen molar-refractivity contribution in [2.75, 3.05) is 0 Å². The number of nitrogens with zero attached hydrogens (tertiary/aromatic N) is 4. The molecule has 0 radical (unpaired) electrons. The van der Waals surface area contributed by atoms with Crippen molar-refractivity contribution < 1.29 is 9.13 Å². The van der Waals surface area contributed by atoms with Crippen LogP contribution in [-0.2, 0) is 26.2 Å². The van der Waals surface area contributed by atoms with Gasteiger partial charge in [0.2, 0.25) is 12.7 Å². The molecule has 0 unspecified atom stereocenters. The molecule has 2 aromatic heterocycles. The van der Waals surface area contributed by atoms with E-state index in [1.165, 1.54) is 66.6 Å².